The van der Waals surface area contributed by atoms with Gasteiger partial charge in [-0.1, -0.05) is 31.1 Å². The second kappa shape index (κ2) is 5.83. The second-order valence-corrected chi connectivity index (χ2v) is 7.33. The fourth-order valence-electron chi connectivity index (χ4n) is 2.76. The maximum Gasteiger partial charge on any atom is 0.324 e. The number of benzene rings is 1. The summed E-state index contributed by atoms with van der Waals surface area (Å²) in [4.78, 5) is 3.93. The van der Waals surface area contributed by atoms with Gasteiger partial charge in [-0.2, -0.15) is 0 Å². The van der Waals surface area contributed by atoms with Crippen LogP contribution in [0, 0.1) is 0 Å². The summed E-state index contributed by atoms with van der Waals surface area (Å²) in [5.41, 5.74) is 8.50. The quantitative estimate of drug-likeness (QED) is 0.848. The Kier molecular flexibility index (Phi) is 4.03. The van der Waals surface area contributed by atoms with Crippen LogP contribution in [0.4, 0.5) is 0 Å². The molecule has 0 bridgehead atoms. The molecule has 1 aliphatic rings. The lowest BCUT2D eigenvalue weighted by Crippen LogP contribution is -2.25. The molecule has 0 saturated heterocycles. The molecule has 0 unspecified atom stereocenters. The van der Waals surface area contributed by atoms with E-state index in [2.05, 4.69) is 4.98 Å². The Balaban J connectivity index is 1.90. The molecule has 1 aromatic heterocycles. The Bertz CT molecular complexity index is 781. The highest BCUT2D eigenvalue weighted by atomic mass is 32.2. The number of hydrogen-bond donors (Lipinski definition) is 1. The highest BCUT2D eigenvalue weighted by Crippen LogP contribution is 2.24. The number of sulfone groups is 1. The first-order valence-corrected chi connectivity index (χ1v) is 8.78. The Morgan fingerprint density at radius 2 is 2.14 bits per heavy atom. The van der Waals surface area contributed by atoms with E-state index in [4.69, 9.17) is 10.4 Å². The van der Waals surface area contributed by atoms with E-state index in [1.807, 2.05) is 25.0 Å². The zero-order chi connectivity index (χ0) is 15.7. The van der Waals surface area contributed by atoms with Gasteiger partial charge in [0.05, 0.1) is 11.9 Å². The molecule has 0 aliphatic carbocycles. The van der Waals surface area contributed by atoms with Crippen LogP contribution in [-0.4, -0.2) is 26.9 Å². The summed E-state index contributed by atoms with van der Waals surface area (Å²) in [7, 11) is -3.44. The van der Waals surface area contributed by atoms with Crippen molar-refractivity contribution in [2.75, 3.05) is 6.54 Å². The maximum absolute atomic E-state index is 12.4. The zero-order valence-electron chi connectivity index (χ0n) is 12.3. The molecule has 1 atom stereocenters. The Labute approximate surface area is 130 Å². The van der Waals surface area contributed by atoms with Gasteiger partial charge >= 0.3 is 6.92 Å². The molecule has 5 nitrogen and oxygen atoms in total. The standard InChI is InChI=1S/C15H17BN2O3S/c1-16-13-8-11(5-6-12(13)14(9-17)21-16)10-22(19,20)15-4-2-3-7-18-15/h2-8,14H,9-10,17H2,1H3/t14-/m0/s1. The van der Waals surface area contributed by atoms with Gasteiger partial charge in [-0.15, -0.1) is 0 Å². The van der Waals surface area contributed by atoms with Crippen molar-refractivity contribution in [3.05, 3.63) is 53.7 Å². The van der Waals surface area contributed by atoms with E-state index >= 15 is 0 Å². The van der Waals surface area contributed by atoms with Crippen LogP contribution in [0.2, 0.25) is 6.82 Å². The summed E-state index contributed by atoms with van der Waals surface area (Å²) >= 11 is 0. The maximum atomic E-state index is 12.4. The van der Waals surface area contributed by atoms with Crippen molar-refractivity contribution in [3.63, 3.8) is 0 Å². The van der Waals surface area contributed by atoms with Crippen LogP contribution in [0.1, 0.15) is 17.2 Å². The van der Waals surface area contributed by atoms with Crippen molar-refractivity contribution in [3.8, 4) is 0 Å². The van der Waals surface area contributed by atoms with Crippen molar-refractivity contribution in [2.45, 2.75) is 23.7 Å². The zero-order valence-corrected chi connectivity index (χ0v) is 13.1. The largest absolute Gasteiger partial charge is 0.423 e. The molecule has 114 valence electrons. The molecule has 0 saturated carbocycles. The average molecular weight is 316 g/mol. The molecule has 2 aromatic rings. The number of aromatic nitrogens is 1. The lowest BCUT2D eigenvalue weighted by atomic mass is 9.64. The fraction of sp³-hybridized carbons (Fsp3) is 0.267. The van der Waals surface area contributed by atoms with Gasteiger partial charge in [0.1, 0.15) is 0 Å². The third-order valence-corrected chi connectivity index (χ3v) is 5.42. The Hall–Kier alpha value is -1.70. The molecule has 22 heavy (non-hydrogen) atoms. The van der Waals surface area contributed by atoms with E-state index in [1.165, 1.54) is 12.3 Å². The van der Waals surface area contributed by atoms with Crippen molar-refractivity contribution in [2.24, 2.45) is 5.73 Å². The first kappa shape index (κ1) is 15.2. The molecule has 7 heteroatoms. The summed E-state index contributed by atoms with van der Waals surface area (Å²) in [6.07, 6.45) is 1.38. The predicted octanol–water partition coefficient (Wildman–Crippen LogP) is 0.914. The Morgan fingerprint density at radius 3 is 2.82 bits per heavy atom. The monoisotopic (exact) mass is 316 g/mol. The van der Waals surface area contributed by atoms with E-state index in [0.29, 0.717) is 6.54 Å². The number of rotatable bonds is 4. The summed E-state index contributed by atoms with van der Waals surface area (Å²) in [5.74, 6) is -0.0721. The summed E-state index contributed by atoms with van der Waals surface area (Å²) in [6, 6.07) is 10.5. The number of hydrogen-bond acceptors (Lipinski definition) is 5. The third kappa shape index (κ3) is 2.79. The lowest BCUT2D eigenvalue weighted by molar-refractivity contribution is 0.235. The van der Waals surface area contributed by atoms with Gasteiger partial charge in [0, 0.05) is 12.7 Å². The van der Waals surface area contributed by atoms with Crippen molar-refractivity contribution in [1.29, 1.82) is 0 Å². The van der Waals surface area contributed by atoms with Crippen LogP contribution < -0.4 is 11.2 Å². The second-order valence-electron chi connectivity index (χ2n) is 5.39. The molecule has 0 amide bonds. The van der Waals surface area contributed by atoms with Gasteiger partial charge < -0.3 is 10.4 Å². The SMILES string of the molecule is CB1O[C@@H](CN)c2ccc(CS(=O)(=O)c3ccccn3)cc21. The molecule has 2 heterocycles. The van der Waals surface area contributed by atoms with Gasteiger partial charge in [0.25, 0.3) is 0 Å². The smallest absolute Gasteiger partial charge is 0.324 e. The van der Waals surface area contributed by atoms with Crippen LogP contribution in [0.5, 0.6) is 0 Å². The molecule has 0 spiro atoms. The summed E-state index contributed by atoms with van der Waals surface area (Å²) < 4.78 is 30.5. The number of fused-ring (bicyclic) bond motifs is 1. The highest BCUT2D eigenvalue weighted by molar-refractivity contribution is 7.90. The van der Waals surface area contributed by atoms with E-state index in [1.54, 1.807) is 12.1 Å². The normalized spacial score (nSPS) is 17.5. The highest BCUT2D eigenvalue weighted by Gasteiger charge is 2.31. The molecular formula is C15H17BN2O3S. The number of pyridine rings is 1. The van der Waals surface area contributed by atoms with E-state index in [0.717, 1.165) is 16.6 Å². The van der Waals surface area contributed by atoms with Crippen LogP contribution in [0.15, 0.2) is 47.6 Å². The van der Waals surface area contributed by atoms with Crippen LogP contribution in [0.25, 0.3) is 0 Å². The Morgan fingerprint density at radius 1 is 1.32 bits per heavy atom. The van der Waals surface area contributed by atoms with Gasteiger partial charge in [-0.3, -0.25) is 0 Å². The number of nitrogens with zero attached hydrogens (tertiary/aromatic N) is 1. The molecular weight excluding hydrogens is 299 g/mol. The van der Waals surface area contributed by atoms with Crippen LogP contribution in [0.3, 0.4) is 0 Å². The average Bonchev–Trinajstić information content (AvgIpc) is 2.84. The van der Waals surface area contributed by atoms with Gasteiger partial charge in [0.2, 0.25) is 0 Å². The summed E-state index contributed by atoms with van der Waals surface area (Å²) in [6.45, 7) is 2.30. The lowest BCUT2D eigenvalue weighted by Gasteiger charge is -2.09. The molecule has 0 fully saturated rings. The molecule has 2 N–H and O–H groups in total. The molecule has 1 aromatic carbocycles. The first-order chi connectivity index (χ1) is 10.5. The van der Waals surface area contributed by atoms with Crippen LogP contribution in [-0.2, 0) is 20.2 Å². The fourth-order valence-corrected chi connectivity index (χ4v) is 4.03. The van der Waals surface area contributed by atoms with Gasteiger partial charge in [0.15, 0.2) is 14.9 Å². The van der Waals surface area contributed by atoms with E-state index in [9.17, 15) is 8.42 Å². The van der Waals surface area contributed by atoms with Gasteiger partial charge in [-0.25, -0.2) is 13.4 Å². The van der Waals surface area contributed by atoms with E-state index in [-0.39, 0.29) is 23.8 Å². The van der Waals surface area contributed by atoms with Crippen LogP contribution >= 0.6 is 0 Å². The minimum atomic E-state index is -3.44. The topological polar surface area (TPSA) is 82.3 Å². The molecule has 3 rings (SSSR count). The summed E-state index contributed by atoms with van der Waals surface area (Å²) in [5, 5.41) is 0.0969. The van der Waals surface area contributed by atoms with E-state index < -0.39 is 9.84 Å². The van der Waals surface area contributed by atoms with Crippen molar-refractivity contribution < 1.29 is 13.1 Å². The van der Waals surface area contributed by atoms with Gasteiger partial charge in [-0.05, 0) is 28.7 Å². The molecule has 1 aliphatic heterocycles. The van der Waals surface area contributed by atoms with Crippen molar-refractivity contribution >= 4 is 22.2 Å². The minimum Gasteiger partial charge on any atom is -0.423 e. The number of nitrogens with two attached hydrogens (primary N) is 1. The first-order valence-electron chi connectivity index (χ1n) is 7.13. The predicted molar refractivity (Wildman–Crippen MR) is 85.7 cm³/mol. The minimum absolute atomic E-state index is 0.0685. The molecule has 0 radical (unpaired) electrons. The third-order valence-electron chi connectivity index (χ3n) is 3.83. The van der Waals surface area contributed by atoms with Crippen molar-refractivity contribution in [1.82, 2.24) is 4.98 Å².